The van der Waals surface area contributed by atoms with Crippen LogP contribution in [0, 0.1) is 16.7 Å². The van der Waals surface area contributed by atoms with Gasteiger partial charge in [-0.1, -0.05) is 40.3 Å². The van der Waals surface area contributed by atoms with Gasteiger partial charge in [0, 0.05) is 104 Å². The van der Waals surface area contributed by atoms with Gasteiger partial charge in [0.05, 0.1) is 34.8 Å². The zero-order valence-corrected chi connectivity index (χ0v) is 46.2. The van der Waals surface area contributed by atoms with Crippen molar-refractivity contribution in [3.63, 3.8) is 0 Å². The molecule has 5 amide bonds. The van der Waals surface area contributed by atoms with Crippen molar-refractivity contribution < 1.29 is 33.4 Å². The molecule has 6 bridgehead atoms. The molecule has 1 aromatic carbocycles. The van der Waals surface area contributed by atoms with Gasteiger partial charge < -0.3 is 34.1 Å². The normalized spacial score (nSPS) is 20.2. The Hall–Kier alpha value is -4.25. The Bertz CT molecular complexity index is 2550. The number of ether oxygens (including phenoxy) is 2. The van der Waals surface area contributed by atoms with Gasteiger partial charge in [0.15, 0.2) is 0 Å². The third-order valence-electron chi connectivity index (χ3n) is 13.6. The molecule has 0 aliphatic carbocycles. The molecule has 8 rings (SSSR count). The van der Waals surface area contributed by atoms with Crippen LogP contribution in [0.2, 0.25) is 0 Å². The number of benzene rings is 1. The molecule has 3 fully saturated rings. The number of likely N-dealkylation sites (tertiary alicyclic amines) is 2. The third kappa shape index (κ3) is 11.5. The van der Waals surface area contributed by atoms with E-state index in [2.05, 4.69) is 66.9 Å². The Morgan fingerprint density at radius 2 is 1.77 bits per heavy atom. The summed E-state index contributed by atoms with van der Waals surface area (Å²) in [4.78, 5) is 83.6. The number of likely N-dealkylation sites (N-methyl/N-ethyl adjacent to an activating group) is 1. The van der Waals surface area contributed by atoms with E-state index in [-0.39, 0.29) is 96.4 Å². The van der Waals surface area contributed by atoms with Crippen LogP contribution < -0.4 is 10.7 Å². The van der Waals surface area contributed by atoms with Crippen LogP contribution in [0.5, 0.6) is 0 Å². The second-order valence-electron chi connectivity index (χ2n) is 19.6. The van der Waals surface area contributed by atoms with Gasteiger partial charge in [-0.25, -0.2) is 15.2 Å². The molecular weight excluding hydrogens is 987 g/mol. The predicted molar refractivity (Wildman–Crippen MR) is 293 cm³/mol. The zero-order chi connectivity index (χ0) is 47.2. The second-order valence-corrected chi connectivity index (χ2v) is 20.6. The average molecular weight is 1060 g/mol. The zero-order valence-electron chi connectivity index (χ0n) is 41.4. The molecule has 4 aliphatic heterocycles. The molecule has 384 valence electrons. The lowest BCUT2D eigenvalue weighted by molar-refractivity contribution is -0.155. The number of carbonyl (C=O) groups is 5. The first-order valence-electron chi connectivity index (χ1n) is 23.0. The van der Waals surface area contributed by atoms with Crippen LogP contribution in [0.4, 0.5) is 4.79 Å². The first-order valence-corrected chi connectivity index (χ1v) is 23.9. The molecular formula is C49H71N9O7S5. The number of hydrazine groups is 1. The van der Waals surface area contributed by atoms with Crippen molar-refractivity contribution in [2.45, 2.75) is 98.0 Å². The minimum atomic E-state index is -1.07. The van der Waals surface area contributed by atoms with E-state index in [0.29, 0.717) is 63.5 Å². The fourth-order valence-corrected chi connectivity index (χ4v) is 11.1. The standard InChI is InChI=1S/C49H63N9O7S.4H2S/c1-10-40(59)55-24-49(25-55)26-56(27-49)47(63)54(8)42(29(3)4)44(60)52-36-21-39-51-37(23-66-39)31-16-17-38-33(20-31)34(43(57(38)11-2)32-14-12-18-50-41(32)30(5)64-9)22-48(6,7)28-65-46(62)35-15-13-19-58(53-35)45(36)61;;;;/h10,12,14,16-18,20,23,29-30,35-36,42,53H,1,11,13,15,19,21-22,24-28H2,2-9H3,(H,52,60);4*1H2/t30-,35-,36-,42-;;;;/m0..../s1. The minimum absolute atomic E-state index is 0. The number of hydrogen-bond acceptors (Lipinski definition) is 11. The van der Waals surface area contributed by atoms with E-state index < -0.39 is 41.3 Å². The molecule has 16 nitrogen and oxygen atoms in total. The SMILES string of the molecule is C=CC(=O)N1CC2(C1)CN(C(=O)N(C)[C@H](C(=O)N[C@H]1Cc3nc(cs3)-c3ccc4c(c3)c(c(-c3cccnc3[C@H](C)OC)n4CC)CC(C)(C)COC(=O)[C@@H]3CCCN(N3)C1=O)C(C)C)C2.S.S.S.S. The molecule has 3 aromatic heterocycles. The van der Waals surface area contributed by atoms with Crippen LogP contribution >= 0.6 is 65.3 Å². The van der Waals surface area contributed by atoms with Gasteiger partial charge in [-0.15, -0.1) is 11.3 Å². The highest BCUT2D eigenvalue weighted by Gasteiger charge is 2.55. The maximum atomic E-state index is 14.6. The summed E-state index contributed by atoms with van der Waals surface area (Å²) in [6.07, 6.45) is 4.51. The Labute approximate surface area is 443 Å². The molecule has 0 saturated carbocycles. The lowest BCUT2D eigenvalue weighted by Crippen LogP contribution is -2.74. The number of thiazole rings is 1. The number of nitrogens with one attached hydrogen (secondary N) is 2. The molecule has 7 heterocycles. The lowest BCUT2D eigenvalue weighted by atomic mass is 9.73. The summed E-state index contributed by atoms with van der Waals surface area (Å²) in [6, 6.07) is 7.37. The summed E-state index contributed by atoms with van der Waals surface area (Å²) in [5.41, 5.74) is 9.14. The average Bonchev–Trinajstić information content (AvgIpc) is 3.87. The van der Waals surface area contributed by atoms with Crippen molar-refractivity contribution in [2.24, 2.45) is 16.7 Å². The first kappa shape index (κ1) is 58.3. The summed E-state index contributed by atoms with van der Waals surface area (Å²) in [5, 5.41) is 8.13. The highest BCUT2D eigenvalue weighted by atomic mass is 32.1. The van der Waals surface area contributed by atoms with E-state index >= 15 is 0 Å². The van der Waals surface area contributed by atoms with Crippen molar-refractivity contribution in [1.82, 2.24) is 45.0 Å². The number of aryl methyl sites for hydroxylation is 1. The van der Waals surface area contributed by atoms with Gasteiger partial charge in [0.2, 0.25) is 11.8 Å². The fourth-order valence-electron chi connectivity index (χ4n) is 10.2. The monoisotopic (exact) mass is 1060 g/mol. The van der Waals surface area contributed by atoms with E-state index in [0.717, 1.165) is 44.7 Å². The third-order valence-corrected chi connectivity index (χ3v) is 14.5. The first-order chi connectivity index (χ1) is 31.5. The van der Waals surface area contributed by atoms with Gasteiger partial charge in [0.25, 0.3) is 5.91 Å². The van der Waals surface area contributed by atoms with Crippen molar-refractivity contribution in [1.29, 1.82) is 0 Å². The number of fused-ring (bicyclic) bond motifs is 6. The highest BCUT2D eigenvalue weighted by molar-refractivity contribution is 7.59. The molecule has 4 atom stereocenters. The minimum Gasteiger partial charge on any atom is -0.464 e. The van der Waals surface area contributed by atoms with E-state index in [4.69, 9.17) is 19.4 Å². The van der Waals surface area contributed by atoms with Gasteiger partial charge in [-0.2, -0.15) is 54.0 Å². The highest BCUT2D eigenvalue weighted by Crippen LogP contribution is 2.43. The van der Waals surface area contributed by atoms with Crippen molar-refractivity contribution in [3.05, 3.63) is 70.8 Å². The topological polar surface area (TPSA) is 172 Å². The van der Waals surface area contributed by atoms with Gasteiger partial charge in [-0.3, -0.25) is 29.2 Å². The van der Waals surface area contributed by atoms with E-state index in [1.165, 1.54) is 27.3 Å². The summed E-state index contributed by atoms with van der Waals surface area (Å²) >= 11 is 1.41. The van der Waals surface area contributed by atoms with E-state index in [1.54, 1.807) is 30.2 Å². The summed E-state index contributed by atoms with van der Waals surface area (Å²) in [5.74, 6) is -1.76. The Balaban J connectivity index is 0.00000266. The molecule has 4 aromatic rings. The smallest absolute Gasteiger partial charge is 0.324 e. The number of hydrogen-bond donors (Lipinski definition) is 2. The maximum Gasteiger partial charge on any atom is 0.324 e. The number of aromatic nitrogens is 3. The van der Waals surface area contributed by atoms with Crippen LogP contribution in [-0.2, 0) is 48.0 Å². The molecule has 4 aliphatic rings. The number of pyridine rings is 1. The van der Waals surface area contributed by atoms with E-state index in [9.17, 15) is 24.0 Å². The van der Waals surface area contributed by atoms with Crippen molar-refractivity contribution in [3.8, 4) is 22.5 Å². The number of methoxy groups -OCH3 is 1. The fraction of sp³-hybridized carbons (Fsp3) is 0.531. The van der Waals surface area contributed by atoms with Crippen molar-refractivity contribution >= 4 is 106 Å². The summed E-state index contributed by atoms with van der Waals surface area (Å²) in [7, 11) is 3.30. The van der Waals surface area contributed by atoms with E-state index in [1.807, 2.05) is 32.2 Å². The number of cyclic esters (lactones) is 1. The van der Waals surface area contributed by atoms with Crippen molar-refractivity contribution in [2.75, 3.05) is 53.5 Å². The molecule has 70 heavy (non-hydrogen) atoms. The number of esters is 1. The van der Waals surface area contributed by atoms with Crippen LogP contribution in [0.1, 0.15) is 76.8 Å². The van der Waals surface area contributed by atoms with Crippen LogP contribution in [0.15, 0.2) is 54.6 Å². The molecule has 21 heteroatoms. The maximum absolute atomic E-state index is 14.6. The lowest BCUT2D eigenvalue weighted by Gasteiger charge is -2.60. The predicted octanol–water partition coefficient (Wildman–Crippen LogP) is 6.06. The summed E-state index contributed by atoms with van der Waals surface area (Å²) in [6.45, 7) is 18.9. The Kier molecular flexibility index (Phi) is 19.6. The number of carbonyl (C=O) groups excluding carboxylic acids is 5. The number of urea groups is 1. The number of nitrogens with zero attached hydrogens (tertiary/aromatic N) is 7. The van der Waals surface area contributed by atoms with Gasteiger partial charge >= 0.3 is 12.0 Å². The Morgan fingerprint density at radius 3 is 2.43 bits per heavy atom. The second kappa shape index (κ2) is 23.5. The Morgan fingerprint density at radius 1 is 1.07 bits per heavy atom. The molecule has 0 radical (unpaired) electrons. The molecule has 2 N–H and O–H groups in total. The van der Waals surface area contributed by atoms with Crippen LogP contribution in [0.25, 0.3) is 33.4 Å². The molecule has 0 unspecified atom stereocenters. The van der Waals surface area contributed by atoms with Gasteiger partial charge in [-0.05, 0) is 74.9 Å². The molecule has 1 spiro atoms. The number of amides is 5. The van der Waals surface area contributed by atoms with Crippen LogP contribution in [-0.4, -0.2) is 136 Å². The van der Waals surface area contributed by atoms with Gasteiger partial charge in [0.1, 0.15) is 18.1 Å². The number of rotatable bonds is 9. The largest absolute Gasteiger partial charge is 0.464 e. The van der Waals surface area contributed by atoms with Crippen LogP contribution in [0.3, 0.4) is 0 Å². The molecule has 3 saturated heterocycles. The quantitative estimate of drug-likeness (QED) is 0.148. The summed E-state index contributed by atoms with van der Waals surface area (Å²) < 4.78 is 14.2.